The number of para-hydroxylation sites is 6. The van der Waals surface area contributed by atoms with Gasteiger partial charge in [0.15, 0.2) is 0 Å². The number of fused-ring (bicyclic) bond motifs is 15. The second-order valence-electron chi connectivity index (χ2n) is 37.1. The van der Waals surface area contributed by atoms with E-state index in [0.29, 0.717) is 5.75 Å². The van der Waals surface area contributed by atoms with Crippen molar-refractivity contribution in [3.63, 3.8) is 0 Å². The van der Waals surface area contributed by atoms with Crippen LogP contribution >= 0.6 is 0 Å². The lowest BCUT2D eigenvalue weighted by atomic mass is 9.30. The first-order chi connectivity index (χ1) is 69.5. The summed E-state index contributed by atoms with van der Waals surface area (Å²) in [5, 5.41) is 4.63. The Hall–Kier alpha value is -18.2. The zero-order valence-electron chi connectivity index (χ0n) is 76.3. The monoisotopic (exact) mass is 1780 g/mol. The summed E-state index contributed by atoms with van der Waals surface area (Å²) in [5.74, 6) is 3.02. The molecule has 28 rings (SSSR count). The Morgan fingerprint density at radius 3 is 1.09 bits per heavy atom. The largest absolute Gasteiger partial charge is 0.459 e. The first kappa shape index (κ1) is 80.2. The summed E-state index contributed by atoms with van der Waals surface area (Å²) in [4.78, 5) is 5.36. The topological polar surface area (TPSA) is 34.8 Å². The quantitative estimate of drug-likeness (QED) is 0.0958. The SMILES string of the molecule is c1ccc(-c2cccc(-c3cccc(-c4cccc(-c5ccccc5)c4)c3N3c4cc(-c5ccc6c(c5)c5ccccc5n6-c5ccccc5)ccc4B4c5c3cc(-c3ccccc3)cc5N(c3c(-c5ccccc5)cccc3-c3ccccc3)c3cc5c6c(c34)Oc3ccc(-c4ccccc4)cc3B6c3cc(-c4ccccc4)cc(-c4cccc6c4c4ccccc4n6-c4ccccc4)c3O5)c2)cc1. The Morgan fingerprint density at radius 2 is 0.536 bits per heavy atom. The number of benzene rings is 22. The van der Waals surface area contributed by atoms with Crippen LogP contribution in [0.4, 0.5) is 34.1 Å². The first-order valence-electron chi connectivity index (χ1n) is 48.3. The fraction of sp³-hybridized carbons (Fsp3) is 0. The Morgan fingerprint density at radius 1 is 0.171 bits per heavy atom. The molecule has 0 saturated heterocycles. The maximum atomic E-state index is 8.50. The molecule has 650 valence electrons. The van der Waals surface area contributed by atoms with Crippen molar-refractivity contribution in [1.29, 1.82) is 0 Å². The smallest absolute Gasteiger partial charge is 0.260 e. The van der Waals surface area contributed by atoms with Crippen molar-refractivity contribution in [3.05, 3.63) is 510 Å². The summed E-state index contributed by atoms with van der Waals surface area (Å²) in [5.41, 5.74) is 42.7. The molecule has 6 heterocycles. The van der Waals surface area contributed by atoms with Crippen molar-refractivity contribution in [2.45, 2.75) is 0 Å². The van der Waals surface area contributed by atoms with E-state index in [-0.39, 0.29) is 0 Å². The number of anilines is 6. The molecule has 0 radical (unpaired) electrons. The molecule has 6 nitrogen and oxygen atoms in total. The lowest BCUT2D eigenvalue weighted by Crippen LogP contribution is -2.65. The molecule has 22 aromatic carbocycles. The fourth-order valence-corrected chi connectivity index (χ4v) is 23.2. The minimum absolute atomic E-state index is 0.475. The van der Waals surface area contributed by atoms with Crippen LogP contribution in [0.25, 0.3) is 177 Å². The van der Waals surface area contributed by atoms with Crippen molar-refractivity contribution < 1.29 is 9.47 Å². The van der Waals surface area contributed by atoms with Crippen molar-refractivity contribution in [2.75, 3.05) is 9.80 Å². The second kappa shape index (κ2) is 32.8. The summed E-state index contributed by atoms with van der Waals surface area (Å²) in [7, 11) is 0. The highest BCUT2D eigenvalue weighted by Gasteiger charge is 2.52. The molecule has 4 aliphatic rings. The number of ether oxygens (including phenoxy) is 2. The molecule has 8 heteroatoms. The van der Waals surface area contributed by atoms with Crippen molar-refractivity contribution in [1.82, 2.24) is 9.13 Å². The van der Waals surface area contributed by atoms with Crippen molar-refractivity contribution in [3.8, 4) is 157 Å². The van der Waals surface area contributed by atoms with Gasteiger partial charge < -0.3 is 28.4 Å². The van der Waals surface area contributed by atoms with E-state index in [1.54, 1.807) is 0 Å². The Balaban J connectivity index is 0.789. The highest BCUT2D eigenvalue weighted by Crippen LogP contribution is 2.58. The van der Waals surface area contributed by atoms with Crippen LogP contribution in [-0.2, 0) is 0 Å². The molecule has 0 atom stereocenters. The van der Waals surface area contributed by atoms with Crippen LogP contribution < -0.4 is 52.1 Å². The minimum atomic E-state index is -0.552. The van der Waals surface area contributed by atoms with E-state index in [1.807, 2.05) is 0 Å². The number of hydrogen-bond donors (Lipinski definition) is 0. The van der Waals surface area contributed by atoms with Gasteiger partial charge in [-0.1, -0.05) is 406 Å². The van der Waals surface area contributed by atoms with Gasteiger partial charge in [0.2, 0.25) is 0 Å². The molecule has 0 fully saturated rings. The van der Waals surface area contributed by atoms with Crippen molar-refractivity contribution in [2.24, 2.45) is 0 Å². The van der Waals surface area contributed by atoms with Gasteiger partial charge >= 0.3 is 0 Å². The molecule has 0 amide bonds. The van der Waals surface area contributed by atoms with E-state index in [4.69, 9.17) is 9.47 Å². The number of rotatable bonds is 15. The standard InChI is InChI=1S/C132H84B2N4O2/c1-10-37-85(38-11-1)92-51-32-53-97(75-92)105-63-35-64-106(98-54-33-52-93(76-98)86-39-12-2-13-40-86)130(105)137-119-81-96(94-70-73-117-110(77-94)107-59-28-30-66-115(107)135(117)101-55-24-8-25-56-101)69-72-112(119)134-126-120(137)82-100(89-45-18-5-19-46-89)83-121(126)138(129-103(90-47-20-6-21-48-90)61-34-62-104(129)91-49-22-7-23-50-91)122-84-124-128-132(127(122)134)139-123-74-71-95(87-41-14-3-15-42-87)79-113(123)133(128)114-80-99(88-43-16-4-17-44-88)78-111(131(114)140-124)108-65-36-68-118-125(108)109-60-29-31-67-116(109)136(118)102-57-26-9-27-58-102/h1-84H. The number of aromatic nitrogens is 2. The summed E-state index contributed by atoms with van der Waals surface area (Å²) >= 11 is 0. The molecule has 0 spiro atoms. The van der Waals surface area contributed by atoms with Gasteiger partial charge in [0.1, 0.15) is 23.0 Å². The predicted molar refractivity (Wildman–Crippen MR) is 587 cm³/mol. The average Bonchev–Trinajstić information content (AvgIpc) is 0.778. The molecular formula is C132H84B2N4O2. The third-order valence-corrected chi connectivity index (χ3v) is 29.4. The van der Waals surface area contributed by atoms with Crippen LogP contribution in [0.5, 0.6) is 23.0 Å². The van der Waals surface area contributed by atoms with Crippen LogP contribution in [0.1, 0.15) is 0 Å². The van der Waals surface area contributed by atoms with Gasteiger partial charge in [-0.25, -0.2) is 0 Å². The van der Waals surface area contributed by atoms with Gasteiger partial charge in [-0.2, -0.15) is 0 Å². The van der Waals surface area contributed by atoms with Crippen LogP contribution in [0.3, 0.4) is 0 Å². The maximum Gasteiger partial charge on any atom is 0.260 e. The summed E-state index contributed by atoms with van der Waals surface area (Å²) in [6.07, 6.45) is 0. The molecule has 0 N–H and O–H groups in total. The maximum absolute atomic E-state index is 8.50. The van der Waals surface area contributed by atoms with Crippen molar-refractivity contribution >= 4 is 124 Å². The van der Waals surface area contributed by atoms with E-state index in [1.165, 1.54) is 10.8 Å². The summed E-state index contributed by atoms with van der Waals surface area (Å²) < 4.78 is 21.8. The summed E-state index contributed by atoms with van der Waals surface area (Å²) in [6.45, 7) is -1.03. The first-order valence-corrected chi connectivity index (χ1v) is 48.3. The molecule has 0 saturated carbocycles. The molecule has 0 unspecified atom stereocenters. The van der Waals surface area contributed by atoms with Crippen LogP contribution in [0, 0.1) is 0 Å². The summed E-state index contributed by atoms with van der Waals surface area (Å²) in [6, 6.07) is 189. The predicted octanol–water partition coefficient (Wildman–Crippen LogP) is 31.0. The average molecular weight is 1780 g/mol. The Labute approximate surface area is 812 Å². The number of nitrogens with zero attached hydrogens (tertiary/aromatic N) is 4. The highest BCUT2D eigenvalue weighted by molar-refractivity contribution is 7.03. The van der Waals surface area contributed by atoms with Crippen LogP contribution in [0.2, 0.25) is 0 Å². The normalized spacial score (nSPS) is 12.5. The van der Waals surface area contributed by atoms with E-state index in [9.17, 15) is 0 Å². The number of hydrogen-bond acceptors (Lipinski definition) is 4. The Bertz CT molecular complexity index is 8950. The minimum Gasteiger partial charge on any atom is -0.459 e. The Kier molecular flexibility index (Phi) is 18.8. The molecule has 0 bridgehead atoms. The third kappa shape index (κ3) is 13.0. The molecule has 2 aromatic heterocycles. The van der Waals surface area contributed by atoms with Gasteiger partial charge in [0.05, 0.1) is 33.4 Å². The molecule has 4 aliphatic heterocycles. The van der Waals surface area contributed by atoms with E-state index in [0.717, 1.165) is 251 Å². The zero-order valence-corrected chi connectivity index (χ0v) is 76.3. The van der Waals surface area contributed by atoms with Crippen LogP contribution in [0.15, 0.2) is 510 Å². The van der Waals surface area contributed by atoms with Gasteiger partial charge in [0.25, 0.3) is 13.4 Å². The van der Waals surface area contributed by atoms with Gasteiger partial charge in [-0.15, -0.1) is 0 Å². The van der Waals surface area contributed by atoms with E-state index < -0.39 is 13.4 Å². The zero-order chi connectivity index (χ0) is 92.0. The van der Waals surface area contributed by atoms with Crippen LogP contribution in [-0.4, -0.2) is 22.6 Å². The third-order valence-electron chi connectivity index (χ3n) is 29.4. The fourth-order valence-electron chi connectivity index (χ4n) is 23.2. The van der Waals surface area contributed by atoms with Gasteiger partial charge in [0, 0.05) is 95.0 Å². The molecule has 0 aliphatic carbocycles. The lowest BCUT2D eigenvalue weighted by molar-refractivity contribution is 0.468. The van der Waals surface area contributed by atoms with E-state index >= 15 is 0 Å². The molecular weight excluding hydrogens is 1700 g/mol. The lowest BCUT2D eigenvalue weighted by Gasteiger charge is -2.47. The van der Waals surface area contributed by atoms with Gasteiger partial charge in [-0.3, -0.25) is 0 Å². The highest BCUT2D eigenvalue weighted by atomic mass is 16.5. The second-order valence-corrected chi connectivity index (χ2v) is 37.1. The molecule has 24 aromatic rings. The van der Waals surface area contributed by atoms with Gasteiger partial charge in [-0.05, 0) is 219 Å². The van der Waals surface area contributed by atoms with E-state index in [2.05, 4.69) is 529 Å². The molecule has 140 heavy (non-hydrogen) atoms.